The van der Waals surface area contributed by atoms with E-state index in [1.54, 1.807) is 24.4 Å². The number of H-pyrrole nitrogens is 1. The average molecular weight is 295 g/mol. The zero-order valence-corrected chi connectivity index (χ0v) is 10.7. The lowest BCUT2D eigenvalue weighted by atomic mass is 10.2. The molecule has 0 aliphatic rings. The first-order chi connectivity index (χ1) is 8.06. The number of halogens is 1. The predicted molar refractivity (Wildman–Crippen MR) is 69.3 cm³/mol. The van der Waals surface area contributed by atoms with Gasteiger partial charge >= 0.3 is 0 Å². The van der Waals surface area contributed by atoms with Crippen LogP contribution in [0.1, 0.15) is 16.1 Å². The second-order valence-electron chi connectivity index (χ2n) is 3.71. The first-order valence-electron chi connectivity index (χ1n) is 5.01. The molecule has 0 saturated carbocycles. The number of phenolic OH excluding ortho intramolecular Hbond substituents is 1. The van der Waals surface area contributed by atoms with E-state index >= 15 is 0 Å². The Kier molecular flexibility index (Phi) is 3.19. The summed E-state index contributed by atoms with van der Waals surface area (Å²) in [5, 5.41) is 12.3. The zero-order chi connectivity index (χ0) is 12.4. The summed E-state index contributed by atoms with van der Waals surface area (Å²) in [5.41, 5.74) is 1.76. The molecule has 0 saturated heterocycles. The highest BCUT2D eigenvalue weighted by Gasteiger charge is 2.10. The van der Waals surface area contributed by atoms with Crippen LogP contribution in [0.25, 0.3) is 0 Å². The quantitative estimate of drug-likeness (QED) is 0.746. The van der Waals surface area contributed by atoms with Crippen molar-refractivity contribution in [2.75, 3.05) is 5.32 Å². The molecule has 2 rings (SSSR count). The fraction of sp³-hybridized carbons (Fsp3) is 0.0833. The molecule has 0 atom stereocenters. The van der Waals surface area contributed by atoms with Crippen LogP contribution in [0.2, 0.25) is 0 Å². The van der Waals surface area contributed by atoms with Crippen molar-refractivity contribution < 1.29 is 9.90 Å². The fourth-order valence-corrected chi connectivity index (χ4v) is 1.78. The van der Waals surface area contributed by atoms with Gasteiger partial charge in [-0.05, 0) is 46.6 Å². The summed E-state index contributed by atoms with van der Waals surface area (Å²) in [6, 6.07) is 6.75. The monoisotopic (exact) mass is 294 g/mol. The van der Waals surface area contributed by atoms with Crippen LogP contribution in [0, 0.1) is 6.92 Å². The molecule has 0 unspecified atom stereocenters. The first kappa shape index (κ1) is 11.7. The largest absolute Gasteiger partial charge is 0.506 e. The second kappa shape index (κ2) is 4.63. The van der Waals surface area contributed by atoms with Crippen molar-refractivity contribution in [1.82, 2.24) is 4.98 Å². The number of amides is 1. The molecule has 3 N–H and O–H groups in total. The summed E-state index contributed by atoms with van der Waals surface area (Å²) in [6.07, 6.45) is 1.67. The van der Waals surface area contributed by atoms with E-state index in [1.807, 2.05) is 13.0 Å². The number of nitrogens with one attached hydrogen (secondary N) is 2. The van der Waals surface area contributed by atoms with Gasteiger partial charge in [0.15, 0.2) is 0 Å². The van der Waals surface area contributed by atoms with Gasteiger partial charge in [0.2, 0.25) is 0 Å². The topological polar surface area (TPSA) is 65.1 Å². The summed E-state index contributed by atoms with van der Waals surface area (Å²) >= 11 is 3.25. The van der Waals surface area contributed by atoms with Crippen molar-refractivity contribution in [3.63, 3.8) is 0 Å². The molecular formula is C12H11BrN2O2. The minimum atomic E-state index is -0.296. The van der Waals surface area contributed by atoms with Crippen LogP contribution in [0.15, 0.2) is 34.9 Å². The minimum Gasteiger partial charge on any atom is -0.506 e. The Morgan fingerprint density at radius 2 is 2.18 bits per heavy atom. The van der Waals surface area contributed by atoms with Crippen molar-refractivity contribution >= 4 is 27.5 Å². The van der Waals surface area contributed by atoms with Crippen molar-refractivity contribution in [2.45, 2.75) is 6.92 Å². The number of aromatic amines is 1. The molecule has 0 spiro atoms. The standard InChI is InChI=1S/C12H11BrN2O2/c1-7-2-3-9(11(16)4-7)15-12(17)10-5-8(13)6-14-10/h2-6,14,16H,1H3,(H,15,17). The zero-order valence-electron chi connectivity index (χ0n) is 9.12. The molecule has 2 aromatic rings. The van der Waals surface area contributed by atoms with Crippen LogP contribution in [0.4, 0.5) is 5.69 Å². The van der Waals surface area contributed by atoms with Crippen LogP contribution < -0.4 is 5.32 Å². The van der Waals surface area contributed by atoms with Gasteiger partial charge < -0.3 is 15.4 Å². The van der Waals surface area contributed by atoms with E-state index in [0.717, 1.165) is 10.0 Å². The summed E-state index contributed by atoms with van der Waals surface area (Å²) < 4.78 is 0.802. The van der Waals surface area contributed by atoms with Gasteiger partial charge in [-0.2, -0.15) is 0 Å². The molecule has 0 fully saturated rings. The first-order valence-corrected chi connectivity index (χ1v) is 5.80. The summed E-state index contributed by atoms with van der Waals surface area (Å²) in [5.74, 6) is -0.237. The highest BCUT2D eigenvalue weighted by molar-refractivity contribution is 9.10. The van der Waals surface area contributed by atoms with Gasteiger partial charge in [0, 0.05) is 10.7 Å². The number of carbonyl (C=O) groups is 1. The van der Waals surface area contributed by atoms with E-state index in [0.29, 0.717) is 11.4 Å². The van der Waals surface area contributed by atoms with Crippen molar-refractivity contribution in [3.05, 3.63) is 46.2 Å². The molecule has 0 bridgehead atoms. The van der Waals surface area contributed by atoms with E-state index < -0.39 is 0 Å². The van der Waals surface area contributed by atoms with Crippen LogP contribution in [0.5, 0.6) is 5.75 Å². The van der Waals surface area contributed by atoms with Crippen molar-refractivity contribution in [1.29, 1.82) is 0 Å². The Hall–Kier alpha value is -1.75. The molecule has 1 aromatic carbocycles. The lowest BCUT2D eigenvalue weighted by Gasteiger charge is -2.06. The predicted octanol–water partition coefficient (Wildman–Crippen LogP) is 3.04. The number of hydrogen-bond donors (Lipinski definition) is 3. The molecule has 88 valence electrons. The SMILES string of the molecule is Cc1ccc(NC(=O)c2cc(Br)c[nH]2)c(O)c1. The normalized spacial score (nSPS) is 10.2. The maximum atomic E-state index is 11.8. The highest BCUT2D eigenvalue weighted by Crippen LogP contribution is 2.24. The lowest BCUT2D eigenvalue weighted by molar-refractivity contribution is 0.102. The summed E-state index contributed by atoms with van der Waals surface area (Å²) in [4.78, 5) is 14.6. The van der Waals surface area contributed by atoms with E-state index in [4.69, 9.17) is 0 Å². The molecule has 0 aliphatic heterocycles. The highest BCUT2D eigenvalue weighted by atomic mass is 79.9. The van der Waals surface area contributed by atoms with Gasteiger partial charge in [0.05, 0.1) is 5.69 Å². The Morgan fingerprint density at radius 1 is 1.41 bits per heavy atom. The van der Waals surface area contributed by atoms with Gasteiger partial charge in [-0.25, -0.2) is 0 Å². The number of carbonyl (C=O) groups excluding carboxylic acids is 1. The molecule has 1 amide bonds. The molecular weight excluding hydrogens is 284 g/mol. The minimum absolute atomic E-state index is 0.0592. The molecule has 1 heterocycles. The number of aryl methyl sites for hydroxylation is 1. The van der Waals surface area contributed by atoms with Gasteiger partial charge in [-0.15, -0.1) is 0 Å². The van der Waals surface area contributed by atoms with Crippen LogP contribution in [0.3, 0.4) is 0 Å². The average Bonchev–Trinajstić information content (AvgIpc) is 2.69. The Labute approximate surface area is 107 Å². The number of rotatable bonds is 2. The summed E-state index contributed by atoms with van der Waals surface area (Å²) in [7, 11) is 0. The van der Waals surface area contributed by atoms with Gasteiger partial charge in [-0.1, -0.05) is 6.07 Å². The van der Waals surface area contributed by atoms with Crippen LogP contribution in [-0.4, -0.2) is 16.0 Å². The Balaban J connectivity index is 2.18. The van der Waals surface area contributed by atoms with E-state index in [1.165, 1.54) is 0 Å². The smallest absolute Gasteiger partial charge is 0.272 e. The number of phenols is 1. The molecule has 0 radical (unpaired) electrons. The third-order valence-electron chi connectivity index (χ3n) is 2.29. The van der Waals surface area contributed by atoms with E-state index in [9.17, 15) is 9.90 Å². The second-order valence-corrected chi connectivity index (χ2v) is 4.62. The van der Waals surface area contributed by atoms with E-state index in [2.05, 4.69) is 26.2 Å². The van der Waals surface area contributed by atoms with Gasteiger partial charge in [-0.3, -0.25) is 4.79 Å². The Bertz CT molecular complexity index is 563. The molecule has 5 heteroatoms. The molecule has 4 nitrogen and oxygen atoms in total. The van der Waals surface area contributed by atoms with E-state index in [-0.39, 0.29) is 11.7 Å². The van der Waals surface area contributed by atoms with Crippen LogP contribution in [-0.2, 0) is 0 Å². The maximum absolute atomic E-state index is 11.8. The number of anilines is 1. The number of aromatic nitrogens is 1. The summed E-state index contributed by atoms with van der Waals surface area (Å²) in [6.45, 7) is 1.87. The number of benzene rings is 1. The number of aromatic hydroxyl groups is 1. The molecule has 0 aliphatic carbocycles. The lowest BCUT2D eigenvalue weighted by Crippen LogP contribution is -2.12. The van der Waals surface area contributed by atoms with Gasteiger partial charge in [0.1, 0.15) is 11.4 Å². The maximum Gasteiger partial charge on any atom is 0.272 e. The number of hydrogen-bond acceptors (Lipinski definition) is 2. The molecule has 1 aromatic heterocycles. The fourth-order valence-electron chi connectivity index (χ4n) is 1.44. The Morgan fingerprint density at radius 3 is 2.76 bits per heavy atom. The van der Waals surface area contributed by atoms with Crippen molar-refractivity contribution in [2.24, 2.45) is 0 Å². The third-order valence-corrected chi connectivity index (χ3v) is 2.75. The van der Waals surface area contributed by atoms with Crippen molar-refractivity contribution in [3.8, 4) is 5.75 Å². The van der Waals surface area contributed by atoms with Gasteiger partial charge in [0.25, 0.3) is 5.91 Å². The molecule has 17 heavy (non-hydrogen) atoms. The van der Waals surface area contributed by atoms with Crippen LogP contribution >= 0.6 is 15.9 Å². The third kappa shape index (κ3) is 2.68.